The van der Waals surface area contributed by atoms with Gasteiger partial charge in [-0.1, -0.05) is 12.1 Å². The van der Waals surface area contributed by atoms with Gasteiger partial charge in [0.15, 0.2) is 0 Å². The highest BCUT2D eigenvalue weighted by Gasteiger charge is 2.32. The van der Waals surface area contributed by atoms with Crippen molar-refractivity contribution in [2.75, 3.05) is 52.3 Å². The zero-order chi connectivity index (χ0) is 22.0. The molecule has 1 fully saturated rings. The molecule has 1 amide bonds. The van der Waals surface area contributed by atoms with E-state index in [1.165, 1.54) is 16.9 Å². The summed E-state index contributed by atoms with van der Waals surface area (Å²) in [4.78, 5) is 29.9. The molecule has 0 unspecified atom stereocenters. The van der Waals surface area contributed by atoms with E-state index in [-0.39, 0.29) is 18.4 Å². The minimum atomic E-state index is -0.0444. The molecule has 1 aliphatic rings. The third-order valence-electron chi connectivity index (χ3n) is 5.85. The number of rotatable bonds is 7. The van der Waals surface area contributed by atoms with Crippen LogP contribution >= 0.6 is 11.3 Å². The van der Waals surface area contributed by atoms with Gasteiger partial charge in [-0.15, -0.1) is 11.3 Å². The fourth-order valence-electron chi connectivity index (χ4n) is 4.35. The number of carbonyl (C=O) groups excluding carboxylic acids is 1. The topological polar surface area (TPSA) is 72.8 Å². The van der Waals surface area contributed by atoms with Crippen molar-refractivity contribution in [1.82, 2.24) is 19.8 Å². The molecule has 0 bridgehead atoms. The molecule has 4 rings (SSSR count). The number of aliphatic hydroxyl groups excluding tert-OH is 1. The van der Waals surface area contributed by atoms with Crippen molar-refractivity contribution in [3.05, 3.63) is 52.7 Å². The zero-order valence-electron chi connectivity index (χ0n) is 18.3. The molecule has 1 atom stereocenters. The number of aliphatic hydroxyl groups is 1. The lowest BCUT2D eigenvalue weighted by molar-refractivity contribution is 0.0770. The highest BCUT2D eigenvalue weighted by atomic mass is 32.1. The number of fused-ring (bicyclic) bond motifs is 1. The largest absolute Gasteiger partial charge is 0.395 e. The first-order valence-electron chi connectivity index (χ1n) is 10.6. The normalized spacial score (nSPS) is 16.7. The summed E-state index contributed by atoms with van der Waals surface area (Å²) in [5.74, 6) is 1.24. The van der Waals surface area contributed by atoms with Gasteiger partial charge in [-0.3, -0.25) is 9.69 Å². The van der Waals surface area contributed by atoms with Crippen molar-refractivity contribution >= 4 is 33.3 Å². The van der Waals surface area contributed by atoms with Gasteiger partial charge in [0.1, 0.15) is 10.6 Å². The number of hydrogen-bond donors (Lipinski definition) is 1. The van der Waals surface area contributed by atoms with Crippen LogP contribution in [0.4, 0.5) is 5.82 Å². The molecular formula is C23H29N5O2S. The van der Waals surface area contributed by atoms with Crippen LogP contribution in [0.15, 0.2) is 36.7 Å². The number of thiophene rings is 1. The minimum Gasteiger partial charge on any atom is -0.395 e. The quantitative estimate of drug-likeness (QED) is 0.610. The summed E-state index contributed by atoms with van der Waals surface area (Å²) in [5, 5.41) is 10.4. The van der Waals surface area contributed by atoms with E-state index in [9.17, 15) is 9.90 Å². The van der Waals surface area contributed by atoms with E-state index in [1.54, 1.807) is 18.1 Å². The number of amides is 1. The van der Waals surface area contributed by atoms with Crippen LogP contribution in [0.3, 0.4) is 0 Å². The smallest absolute Gasteiger partial charge is 0.264 e. The number of pyridine rings is 2. The van der Waals surface area contributed by atoms with Crippen LogP contribution in [0.2, 0.25) is 0 Å². The third kappa shape index (κ3) is 4.42. The first-order chi connectivity index (χ1) is 15.0. The molecule has 0 aliphatic carbocycles. The summed E-state index contributed by atoms with van der Waals surface area (Å²) in [6.07, 6.45) is 4.61. The van der Waals surface area contributed by atoms with Crippen LogP contribution in [0, 0.1) is 0 Å². The highest BCUT2D eigenvalue weighted by molar-refractivity contribution is 7.20. The van der Waals surface area contributed by atoms with E-state index in [2.05, 4.69) is 31.9 Å². The molecule has 1 saturated heterocycles. The third-order valence-corrected chi connectivity index (χ3v) is 6.96. The predicted molar refractivity (Wildman–Crippen MR) is 125 cm³/mol. The van der Waals surface area contributed by atoms with Gasteiger partial charge < -0.3 is 14.9 Å². The van der Waals surface area contributed by atoms with Crippen LogP contribution < -0.4 is 4.90 Å². The molecular weight excluding hydrogens is 410 g/mol. The van der Waals surface area contributed by atoms with Crippen molar-refractivity contribution in [3.63, 3.8) is 0 Å². The van der Waals surface area contributed by atoms with Gasteiger partial charge in [0.2, 0.25) is 0 Å². The van der Waals surface area contributed by atoms with Gasteiger partial charge >= 0.3 is 0 Å². The van der Waals surface area contributed by atoms with Gasteiger partial charge in [0, 0.05) is 70.0 Å². The van der Waals surface area contributed by atoms with Gasteiger partial charge in [0.25, 0.3) is 5.91 Å². The number of nitrogens with zero attached hydrogens (tertiary/aromatic N) is 5. The molecule has 0 spiro atoms. The van der Waals surface area contributed by atoms with Crippen LogP contribution in [-0.2, 0) is 6.54 Å². The number of likely N-dealkylation sites (N-methyl/N-ethyl adjacent to an activating group) is 1. The van der Waals surface area contributed by atoms with E-state index in [0.717, 1.165) is 52.5 Å². The summed E-state index contributed by atoms with van der Waals surface area (Å²) >= 11 is 1.47. The second-order valence-corrected chi connectivity index (χ2v) is 9.25. The van der Waals surface area contributed by atoms with Gasteiger partial charge in [-0.2, -0.15) is 0 Å². The Balaban J connectivity index is 1.61. The molecule has 0 saturated carbocycles. The van der Waals surface area contributed by atoms with Crippen molar-refractivity contribution in [2.24, 2.45) is 0 Å². The Kier molecular flexibility index (Phi) is 6.50. The van der Waals surface area contributed by atoms with Crippen LogP contribution in [0.5, 0.6) is 0 Å². The molecule has 4 heterocycles. The van der Waals surface area contributed by atoms with Crippen molar-refractivity contribution in [1.29, 1.82) is 0 Å². The molecule has 0 radical (unpaired) electrons. The Labute approximate surface area is 186 Å². The fraction of sp³-hybridized carbons (Fsp3) is 0.435. The molecule has 7 nitrogen and oxygen atoms in total. The van der Waals surface area contributed by atoms with Gasteiger partial charge in [-0.25, -0.2) is 9.97 Å². The van der Waals surface area contributed by atoms with E-state index < -0.39 is 0 Å². The Morgan fingerprint density at radius 2 is 2.00 bits per heavy atom. The number of likely N-dealkylation sites (tertiary alicyclic amines) is 1. The Hall–Kier alpha value is -2.55. The summed E-state index contributed by atoms with van der Waals surface area (Å²) in [6.45, 7) is 2.99. The lowest BCUT2D eigenvalue weighted by Gasteiger charge is -2.21. The molecule has 8 heteroatoms. The molecule has 1 N–H and O–H groups in total. The molecule has 3 aromatic rings. The molecule has 31 heavy (non-hydrogen) atoms. The standard InChI is InChI=1S/C23H29N5O2S/c1-26(2)21-17(6-4-9-24-21)15-28-11-8-16(14-28)19-18-7-5-10-25-22(18)31-20(19)23(30)27(3)12-13-29/h4-7,9-10,16,29H,8,11-15H2,1-3H3/t16-/m1/s1. The summed E-state index contributed by atoms with van der Waals surface area (Å²) in [7, 11) is 5.78. The van der Waals surface area contributed by atoms with Crippen molar-refractivity contribution < 1.29 is 9.90 Å². The second kappa shape index (κ2) is 9.30. The second-order valence-electron chi connectivity index (χ2n) is 8.25. The first kappa shape index (κ1) is 21.7. The minimum absolute atomic E-state index is 0.0346. The maximum atomic E-state index is 13.1. The average molecular weight is 440 g/mol. The number of anilines is 1. The maximum absolute atomic E-state index is 13.1. The number of carbonyl (C=O) groups is 1. The van der Waals surface area contributed by atoms with Crippen molar-refractivity contribution in [3.8, 4) is 0 Å². The van der Waals surface area contributed by atoms with E-state index in [4.69, 9.17) is 0 Å². The Bertz CT molecular complexity index is 1070. The lowest BCUT2D eigenvalue weighted by atomic mass is 9.95. The van der Waals surface area contributed by atoms with Gasteiger partial charge in [-0.05, 0) is 30.7 Å². The Morgan fingerprint density at radius 3 is 2.77 bits per heavy atom. The van der Waals surface area contributed by atoms with Gasteiger partial charge in [0.05, 0.1) is 11.5 Å². The average Bonchev–Trinajstić information content (AvgIpc) is 3.37. The van der Waals surface area contributed by atoms with Crippen molar-refractivity contribution in [2.45, 2.75) is 18.9 Å². The fourth-order valence-corrected chi connectivity index (χ4v) is 5.57. The molecule has 1 aliphatic heterocycles. The summed E-state index contributed by atoms with van der Waals surface area (Å²) < 4.78 is 0. The van der Waals surface area contributed by atoms with E-state index in [1.807, 2.05) is 32.4 Å². The van der Waals surface area contributed by atoms with E-state index >= 15 is 0 Å². The predicted octanol–water partition coefficient (Wildman–Crippen LogP) is 2.81. The molecule has 0 aromatic carbocycles. The number of aromatic nitrogens is 2. The SMILES string of the molecule is CN(CCO)C(=O)c1sc2ncccc2c1[C@@H]1CCN(Cc2cccnc2N(C)C)C1. The highest BCUT2D eigenvalue weighted by Crippen LogP contribution is 2.40. The Morgan fingerprint density at radius 1 is 1.23 bits per heavy atom. The molecule has 164 valence electrons. The van der Waals surface area contributed by atoms with Crippen LogP contribution in [-0.4, -0.2) is 78.2 Å². The maximum Gasteiger partial charge on any atom is 0.264 e. The first-order valence-corrected chi connectivity index (χ1v) is 11.4. The molecule has 3 aromatic heterocycles. The zero-order valence-corrected chi connectivity index (χ0v) is 19.1. The summed E-state index contributed by atoms with van der Waals surface area (Å²) in [6, 6.07) is 8.14. The summed E-state index contributed by atoms with van der Waals surface area (Å²) in [5.41, 5.74) is 2.33. The van der Waals surface area contributed by atoms with Crippen LogP contribution in [0.25, 0.3) is 10.2 Å². The van der Waals surface area contributed by atoms with Crippen LogP contribution in [0.1, 0.15) is 33.1 Å². The lowest BCUT2D eigenvalue weighted by Crippen LogP contribution is -2.30. The van der Waals surface area contributed by atoms with E-state index in [0.29, 0.717) is 6.54 Å². The monoisotopic (exact) mass is 439 g/mol. The number of hydrogen-bond acceptors (Lipinski definition) is 7.